The lowest BCUT2D eigenvalue weighted by atomic mass is 9.98. The molecule has 0 aliphatic heterocycles. The molecular formula is C29H37N3O8. The zero-order valence-electron chi connectivity index (χ0n) is 23.4. The van der Waals surface area contributed by atoms with Crippen LogP contribution in [0.25, 0.3) is 0 Å². The number of hydrogen-bond donors (Lipinski definition) is 4. The minimum atomic E-state index is -1.40. The molecule has 216 valence electrons. The van der Waals surface area contributed by atoms with Gasteiger partial charge in [-0.1, -0.05) is 36.4 Å². The van der Waals surface area contributed by atoms with Gasteiger partial charge in [-0.3, -0.25) is 14.4 Å². The summed E-state index contributed by atoms with van der Waals surface area (Å²) < 4.78 is 9.97. The lowest BCUT2D eigenvalue weighted by Gasteiger charge is -2.34. The molecule has 0 bridgehead atoms. The van der Waals surface area contributed by atoms with Gasteiger partial charge in [-0.15, -0.1) is 6.58 Å². The average Bonchev–Trinajstić information content (AvgIpc) is 2.88. The third-order valence-corrected chi connectivity index (χ3v) is 5.73. The normalized spacial score (nSPS) is 12.4. The Balaban J connectivity index is 2.58. The first-order chi connectivity index (χ1) is 18.8. The maximum atomic E-state index is 14.1. The van der Waals surface area contributed by atoms with Crippen molar-refractivity contribution >= 4 is 23.9 Å². The summed E-state index contributed by atoms with van der Waals surface area (Å²) in [6.07, 6.45) is 0.534. The number of esters is 1. The van der Waals surface area contributed by atoms with Crippen LogP contribution in [-0.4, -0.2) is 70.8 Å². The summed E-state index contributed by atoms with van der Waals surface area (Å²) in [5.74, 6) is -2.34. The summed E-state index contributed by atoms with van der Waals surface area (Å²) in [6, 6.07) is 8.20. The smallest absolute Gasteiger partial charge is 0.408 e. The molecule has 2 aromatic rings. The van der Waals surface area contributed by atoms with E-state index in [4.69, 9.17) is 4.74 Å². The van der Waals surface area contributed by atoms with Crippen molar-refractivity contribution in [1.82, 2.24) is 15.5 Å². The second kappa shape index (κ2) is 14.0. The lowest BCUT2D eigenvalue weighted by Crippen LogP contribution is -2.54. The number of phenolic OH excluding ortho intramolecular Hbond substituents is 2. The zero-order valence-corrected chi connectivity index (χ0v) is 23.4. The molecular weight excluding hydrogens is 518 g/mol. The number of alkyl carbamates (subject to hydrolysis) is 1. The van der Waals surface area contributed by atoms with Gasteiger partial charge >= 0.3 is 12.1 Å². The second-order valence-corrected chi connectivity index (χ2v) is 10.1. The number of aromatic hydroxyl groups is 2. The van der Waals surface area contributed by atoms with Crippen molar-refractivity contribution in [3.63, 3.8) is 0 Å². The standard InChI is InChI=1S/C29H37N3O8/c1-7-15-32(24(26(36)30-17-23(34)39-6)21-10-8-9-18(2)25(21)35)27(37)22(31-28(38)40-29(3,4)5)16-19-11-13-20(33)14-12-19/h7-14,22,24,33,35H,1,15-17H2,2-6H3,(H,30,36)(H,31,38). The molecule has 0 aliphatic carbocycles. The molecule has 2 unspecified atom stereocenters. The maximum absolute atomic E-state index is 14.1. The highest BCUT2D eigenvalue weighted by Crippen LogP contribution is 2.32. The number of carbonyl (C=O) groups is 4. The minimum absolute atomic E-state index is 0.0116. The van der Waals surface area contributed by atoms with Crippen LogP contribution in [0.15, 0.2) is 55.1 Å². The summed E-state index contributed by atoms with van der Waals surface area (Å²) in [5, 5.41) is 25.6. The summed E-state index contributed by atoms with van der Waals surface area (Å²) in [7, 11) is 1.17. The Bertz CT molecular complexity index is 1220. The Morgan fingerprint density at radius 2 is 1.73 bits per heavy atom. The molecule has 11 heteroatoms. The van der Waals surface area contributed by atoms with Crippen molar-refractivity contribution in [2.24, 2.45) is 0 Å². The molecule has 0 spiro atoms. The predicted molar refractivity (Wildman–Crippen MR) is 147 cm³/mol. The van der Waals surface area contributed by atoms with Crippen LogP contribution in [0.3, 0.4) is 0 Å². The topological polar surface area (TPSA) is 154 Å². The molecule has 0 radical (unpaired) electrons. The first kappa shape index (κ1) is 31.7. The van der Waals surface area contributed by atoms with Crippen molar-refractivity contribution in [3.05, 3.63) is 71.8 Å². The predicted octanol–water partition coefficient (Wildman–Crippen LogP) is 2.89. The summed E-state index contributed by atoms with van der Waals surface area (Å²) >= 11 is 0. The Kier molecular flexibility index (Phi) is 11.1. The molecule has 4 N–H and O–H groups in total. The Labute approximate surface area is 233 Å². The fraction of sp³-hybridized carbons (Fsp3) is 0.379. The number of nitrogens with zero attached hydrogens (tertiary/aromatic N) is 1. The van der Waals surface area contributed by atoms with Crippen LogP contribution >= 0.6 is 0 Å². The van der Waals surface area contributed by atoms with E-state index in [2.05, 4.69) is 21.9 Å². The number of carbonyl (C=O) groups excluding carboxylic acids is 4. The van der Waals surface area contributed by atoms with Crippen LogP contribution in [-0.2, 0) is 30.3 Å². The highest BCUT2D eigenvalue weighted by atomic mass is 16.6. The van der Waals surface area contributed by atoms with Crippen molar-refractivity contribution in [3.8, 4) is 11.5 Å². The van der Waals surface area contributed by atoms with E-state index in [-0.39, 0.29) is 30.0 Å². The quantitative estimate of drug-likeness (QED) is 0.244. The minimum Gasteiger partial charge on any atom is -0.508 e. The van der Waals surface area contributed by atoms with Gasteiger partial charge in [0.15, 0.2) is 0 Å². The number of amides is 3. The monoisotopic (exact) mass is 555 g/mol. The van der Waals surface area contributed by atoms with Gasteiger partial charge in [0.25, 0.3) is 0 Å². The van der Waals surface area contributed by atoms with Crippen LogP contribution in [0, 0.1) is 6.92 Å². The molecule has 0 fully saturated rings. The average molecular weight is 556 g/mol. The number of rotatable bonds is 11. The third kappa shape index (κ3) is 9.04. The molecule has 0 saturated carbocycles. The van der Waals surface area contributed by atoms with E-state index in [1.54, 1.807) is 52.0 Å². The van der Waals surface area contributed by atoms with Gasteiger partial charge in [-0.2, -0.15) is 0 Å². The molecule has 40 heavy (non-hydrogen) atoms. The van der Waals surface area contributed by atoms with Crippen molar-refractivity contribution in [1.29, 1.82) is 0 Å². The highest BCUT2D eigenvalue weighted by molar-refractivity contribution is 5.94. The SMILES string of the molecule is C=CCN(C(=O)C(Cc1ccc(O)cc1)NC(=O)OC(C)(C)C)C(C(=O)NCC(=O)OC)c1cccc(C)c1O. The van der Waals surface area contributed by atoms with Crippen molar-refractivity contribution in [2.75, 3.05) is 20.2 Å². The van der Waals surface area contributed by atoms with E-state index in [1.165, 1.54) is 31.4 Å². The van der Waals surface area contributed by atoms with Gasteiger partial charge < -0.3 is 35.2 Å². The number of hydrogen-bond acceptors (Lipinski definition) is 8. The molecule has 2 atom stereocenters. The maximum Gasteiger partial charge on any atom is 0.408 e. The number of para-hydroxylation sites is 1. The Morgan fingerprint density at radius 1 is 1.07 bits per heavy atom. The van der Waals surface area contributed by atoms with Gasteiger partial charge in [-0.05, 0) is 51.0 Å². The Hall–Kier alpha value is -4.54. The molecule has 11 nitrogen and oxygen atoms in total. The summed E-state index contributed by atoms with van der Waals surface area (Å²) in [4.78, 5) is 53.2. The van der Waals surface area contributed by atoms with Crippen LogP contribution in [0.1, 0.15) is 43.5 Å². The molecule has 0 aliphatic rings. The van der Waals surface area contributed by atoms with Crippen LogP contribution in [0.2, 0.25) is 0 Å². The number of ether oxygens (including phenoxy) is 2. The number of benzene rings is 2. The van der Waals surface area contributed by atoms with Gasteiger partial charge in [0.1, 0.15) is 35.7 Å². The molecule has 3 amide bonds. The number of aryl methyl sites for hydroxylation is 1. The van der Waals surface area contributed by atoms with Gasteiger partial charge in [0, 0.05) is 18.5 Å². The fourth-order valence-corrected chi connectivity index (χ4v) is 3.86. The van der Waals surface area contributed by atoms with E-state index >= 15 is 0 Å². The fourth-order valence-electron chi connectivity index (χ4n) is 3.86. The second-order valence-electron chi connectivity index (χ2n) is 10.1. The van der Waals surface area contributed by atoms with Gasteiger partial charge in [0.2, 0.25) is 11.8 Å². The van der Waals surface area contributed by atoms with Crippen molar-refractivity contribution in [2.45, 2.75) is 51.8 Å². The number of nitrogens with one attached hydrogen (secondary N) is 2. The van der Waals surface area contributed by atoms with Crippen LogP contribution < -0.4 is 10.6 Å². The first-order valence-electron chi connectivity index (χ1n) is 12.6. The zero-order chi connectivity index (χ0) is 30.0. The summed E-state index contributed by atoms with van der Waals surface area (Å²) in [6.45, 7) is 9.75. The van der Waals surface area contributed by atoms with E-state index in [0.29, 0.717) is 11.1 Å². The van der Waals surface area contributed by atoms with Crippen LogP contribution in [0.4, 0.5) is 4.79 Å². The molecule has 2 aromatic carbocycles. The van der Waals surface area contributed by atoms with Crippen molar-refractivity contribution < 1.29 is 38.9 Å². The van der Waals surface area contributed by atoms with Gasteiger partial charge in [0.05, 0.1) is 7.11 Å². The summed E-state index contributed by atoms with van der Waals surface area (Å²) in [5.41, 5.74) is 0.330. The largest absolute Gasteiger partial charge is 0.508 e. The van der Waals surface area contributed by atoms with Crippen LogP contribution in [0.5, 0.6) is 11.5 Å². The first-order valence-corrected chi connectivity index (χ1v) is 12.6. The molecule has 0 saturated heterocycles. The third-order valence-electron chi connectivity index (χ3n) is 5.73. The van der Waals surface area contributed by atoms with E-state index in [1.807, 2.05) is 0 Å². The molecule has 2 rings (SSSR count). The molecule has 0 aromatic heterocycles. The molecule has 0 heterocycles. The number of phenols is 2. The number of methoxy groups -OCH3 is 1. The van der Waals surface area contributed by atoms with E-state index in [9.17, 15) is 29.4 Å². The van der Waals surface area contributed by atoms with Gasteiger partial charge in [-0.25, -0.2) is 4.79 Å². The van der Waals surface area contributed by atoms with E-state index < -0.39 is 48.1 Å². The van der Waals surface area contributed by atoms with E-state index in [0.717, 1.165) is 4.90 Å². The lowest BCUT2D eigenvalue weighted by molar-refractivity contribution is -0.144. The highest BCUT2D eigenvalue weighted by Gasteiger charge is 2.37. The Morgan fingerprint density at radius 3 is 2.30 bits per heavy atom.